The molecule has 0 saturated carbocycles. The number of carbonyl (C=O) groups is 2. The van der Waals surface area contributed by atoms with Gasteiger partial charge < -0.3 is 19.7 Å². The topological polar surface area (TPSA) is 93.1 Å². The monoisotopic (exact) mass is 310 g/mol. The fourth-order valence-electron chi connectivity index (χ4n) is 1.70. The van der Waals surface area contributed by atoms with Crippen LogP contribution in [0.15, 0.2) is 24.3 Å². The maximum absolute atomic E-state index is 11.8. The molecule has 0 bridgehead atoms. The normalized spacial score (nSPS) is 12.8. The van der Waals surface area contributed by atoms with Crippen molar-refractivity contribution in [2.24, 2.45) is 0 Å². The van der Waals surface area contributed by atoms with Gasteiger partial charge in [0.1, 0.15) is 23.7 Å². The molecule has 0 amide bonds. The number of aliphatic hydroxyl groups excluding tert-OH is 1. The summed E-state index contributed by atoms with van der Waals surface area (Å²) in [5, 5.41) is 19.0. The highest BCUT2D eigenvalue weighted by atomic mass is 16.6. The van der Waals surface area contributed by atoms with Gasteiger partial charge in [-0.2, -0.15) is 0 Å². The Morgan fingerprint density at radius 2 is 1.77 bits per heavy atom. The van der Waals surface area contributed by atoms with Crippen molar-refractivity contribution in [2.45, 2.75) is 39.1 Å². The fraction of sp³-hybridized carbons (Fsp3) is 0.500. The number of rotatable bonds is 9. The molecule has 0 radical (unpaired) electrons. The van der Waals surface area contributed by atoms with E-state index < -0.39 is 11.9 Å². The van der Waals surface area contributed by atoms with Gasteiger partial charge in [0, 0.05) is 5.56 Å². The Hall–Kier alpha value is -1.76. The molecule has 0 aliphatic carbocycles. The van der Waals surface area contributed by atoms with Gasteiger partial charge in [0.05, 0.1) is 13.0 Å². The Labute approximate surface area is 129 Å². The Morgan fingerprint density at radius 1 is 1.18 bits per heavy atom. The van der Waals surface area contributed by atoms with Gasteiger partial charge in [-0.25, -0.2) is 0 Å². The average Bonchev–Trinajstić information content (AvgIpc) is 2.42. The Kier molecular flexibility index (Phi) is 6.67. The zero-order chi connectivity index (χ0) is 16.8. The van der Waals surface area contributed by atoms with Crippen LogP contribution >= 0.6 is 0 Å². The summed E-state index contributed by atoms with van der Waals surface area (Å²) >= 11 is 0. The second-order valence-electron chi connectivity index (χ2n) is 5.49. The van der Waals surface area contributed by atoms with E-state index in [0.717, 1.165) is 0 Å². The van der Waals surface area contributed by atoms with Crippen LogP contribution in [0.5, 0.6) is 5.75 Å². The lowest BCUT2D eigenvalue weighted by atomic mass is 9.97. The van der Waals surface area contributed by atoms with Crippen LogP contribution in [-0.4, -0.2) is 46.9 Å². The number of benzene rings is 1. The largest absolute Gasteiger partial charge is 0.491 e. The lowest BCUT2D eigenvalue weighted by Gasteiger charge is -2.15. The highest BCUT2D eigenvalue weighted by Crippen LogP contribution is 2.17. The summed E-state index contributed by atoms with van der Waals surface area (Å²) in [6.45, 7) is 4.58. The molecule has 0 fully saturated rings. The van der Waals surface area contributed by atoms with Crippen molar-refractivity contribution >= 4 is 11.6 Å². The lowest BCUT2D eigenvalue weighted by molar-refractivity contribution is -0.136. The van der Waals surface area contributed by atoms with Gasteiger partial charge >= 0.3 is 0 Å². The van der Waals surface area contributed by atoms with Crippen LogP contribution in [0.3, 0.4) is 0 Å². The summed E-state index contributed by atoms with van der Waals surface area (Å²) in [6, 6.07) is 6.37. The van der Waals surface area contributed by atoms with E-state index in [4.69, 9.17) is 9.47 Å². The van der Waals surface area contributed by atoms with E-state index in [1.807, 2.05) is 0 Å². The van der Waals surface area contributed by atoms with E-state index in [-0.39, 0.29) is 31.2 Å². The third-order valence-electron chi connectivity index (χ3n) is 2.80. The number of aliphatic hydroxyl groups is 2. The molecule has 6 nitrogen and oxygen atoms in total. The minimum Gasteiger partial charge on any atom is -0.491 e. The molecule has 0 aliphatic rings. The molecule has 1 aromatic carbocycles. The molecular formula is C16H22O6. The molecule has 0 aromatic heterocycles. The van der Waals surface area contributed by atoms with E-state index in [1.165, 1.54) is 20.8 Å². The summed E-state index contributed by atoms with van der Waals surface area (Å²) in [5.41, 5.74) is -1.02. The molecule has 0 saturated heterocycles. The number of hydrogen-bond acceptors (Lipinski definition) is 6. The van der Waals surface area contributed by atoms with Crippen LogP contribution in [0.25, 0.3) is 0 Å². The van der Waals surface area contributed by atoms with E-state index >= 15 is 0 Å². The summed E-state index contributed by atoms with van der Waals surface area (Å²) < 4.78 is 10.4. The number of Topliss-reactive ketones (excluding diaryl/α,β-unsaturated/α-hetero) is 2. The third kappa shape index (κ3) is 6.34. The van der Waals surface area contributed by atoms with E-state index in [0.29, 0.717) is 11.3 Å². The molecule has 6 heteroatoms. The molecule has 2 N–H and O–H groups in total. The zero-order valence-electron chi connectivity index (χ0n) is 13.0. The molecule has 0 heterocycles. The van der Waals surface area contributed by atoms with Crippen molar-refractivity contribution in [1.82, 2.24) is 0 Å². The van der Waals surface area contributed by atoms with E-state index in [9.17, 15) is 19.8 Å². The van der Waals surface area contributed by atoms with Crippen LogP contribution in [0.1, 0.15) is 37.6 Å². The molecule has 122 valence electrons. The van der Waals surface area contributed by atoms with Gasteiger partial charge in [0.2, 0.25) is 0 Å². The van der Waals surface area contributed by atoms with Crippen molar-refractivity contribution in [3.8, 4) is 5.75 Å². The van der Waals surface area contributed by atoms with E-state index in [2.05, 4.69) is 0 Å². The predicted molar refractivity (Wildman–Crippen MR) is 79.8 cm³/mol. The minimum atomic E-state index is -1.41. The highest BCUT2D eigenvalue weighted by molar-refractivity contribution is 6.01. The van der Waals surface area contributed by atoms with Crippen LogP contribution < -0.4 is 4.74 Å². The second kappa shape index (κ2) is 8.03. The van der Waals surface area contributed by atoms with Gasteiger partial charge in [-0.3, -0.25) is 9.59 Å². The molecule has 1 unspecified atom stereocenters. The Bertz CT molecular complexity index is 500. The lowest BCUT2D eigenvalue weighted by Crippen LogP contribution is -2.30. The predicted octanol–water partition coefficient (Wildman–Crippen LogP) is 1.33. The molecule has 1 rings (SSSR count). The maximum atomic E-state index is 11.8. The average molecular weight is 310 g/mol. The highest BCUT2D eigenvalue weighted by Gasteiger charge is 2.24. The van der Waals surface area contributed by atoms with Crippen molar-refractivity contribution in [2.75, 3.05) is 13.2 Å². The fourth-order valence-corrected chi connectivity index (χ4v) is 1.70. The SMILES string of the molecule is CC(=O)CC(O)OCCOc1ccc(C(=O)C(C)(C)O)cc1. The first-order chi connectivity index (χ1) is 10.2. The van der Waals surface area contributed by atoms with Crippen LogP contribution in [-0.2, 0) is 9.53 Å². The number of hydrogen-bond donors (Lipinski definition) is 2. The molecule has 1 aromatic rings. The Balaban J connectivity index is 2.39. The standard InChI is InChI=1S/C16H22O6/c1-11(17)10-14(18)22-9-8-21-13-6-4-12(5-7-13)15(19)16(2,3)20/h4-7,14,18,20H,8-10H2,1-3H3. The first kappa shape index (κ1) is 18.3. The first-order valence-electron chi connectivity index (χ1n) is 6.99. The van der Waals surface area contributed by atoms with Crippen molar-refractivity contribution in [3.63, 3.8) is 0 Å². The Morgan fingerprint density at radius 3 is 2.27 bits per heavy atom. The first-order valence-corrected chi connectivity index (χ1v) is 6.99. The number of ketones is 2. The molecule has 1 atom stereocenters. The van der Waals surface area contributed by atoms with Crippen LogP contribution in [0.4, 0.5) is 0 Å². The van der Waals surface area contributed by atoms with Crippen LogP contribution in [0, 0.1) is 0 Å². The van der Waals surface area contributed by atoms with Crippen molar-refractivity contribution < 1.29 is 29.3 Å². The van der Waals surface area contributed by atoms with Gasteiger partial charge in [-0.05, 0) is 45.0 Å². The molecule has 0 spiro atoms. The van der Waals surface area contributed by atoms with Crippen molar-refractivity contribution in [3.05, 3.63) is 29.8 Å². The van der Waals surface area contributed by atoms with Crippen LogP contribution in [0.2, 0.25) is 0 Å². The molecule has 0 aliphatic heterocycles. The van der Waals surface area contributed by atoms with Gasteiger partial charge in [-0.1, -0.05) is 0 Å². The van der Waals surface area contributed by atoms with E-state index in [1.54, 1.807) is 24.3 Å². The van der Waals surface area contributed by atoms with Crippen molar-refractivity contribution in [1.29, 1.82) is 0 Å². The number of ether oxygens (including phenoxy) is 2. The summed E-state index contributed by atoms with van der Waals surface area (Å²) in [6.07, 6.45) is -1.17. The molecule has 22 heavy (non-hydrogen) atoms. The summed E-state index contributed by atoms with van der Waals surface area (Å²) in [7, 11) is 0. The molecular weight excluding hydrogens is 288 g/mol. The smallest absolute Gasteiger partial charge is 0.193 e. The maximum Gasteiger partial charge on any atom is 0.193 e. The van der Waals surface area contributed by atoms with Gasteiger partial charge in [0.15, 0.2) is 12.1 Å². The number of carbonyl (C=O) groups excluding carboxylic acids is 2. The summed E-state index contributed by atoms with van der Waals surface area (Å²) in [5.74, 6) is 0.0205. The second-order valence-corrected chi connectivity index (χ2v) is 5.49. The zero-order valence-corrected chi connectivity index (χ0v) is 13.0. The van der Waals surface area contributed by atoms with Gasteiger partial charge in [0.25, 0.3) is 0 Å². The van der Waals surface area contributed by atoms with Gasteiger partial charge in [-0.15, -0.1) is 0 Å². The summed E-state index contributed by atoms with van der Waals surface area (Å²) in [4.78, 5) is 22.6. The minimum absolute atomic E-state index is 0.0479. The third-order valence-corrected chi connectivity index (χ3v) is 2.80. The quantitative estimate of drug-likeness (QED) is 0.406.